The Balaban J connectivity index is 2.19. The van der Waals surface area contributed by atoms with Crippen LogP contribution in [-0.4, -0.2) is 45.1 Å². The maximum absolute atomic E-state index is 5.36. The van der Waals surface area contributed by atoms with E-state index in [1.54, 1.807) is 0 Å². The van der Waals surface area contributed by atoms with Crippen molar-refractivity contribution >= 4 is 5.69 Å². The number of morpholine rings is 1. The molecule has 0 aromatic carbocycles. The molecule has 0 atom stereocenters. The maximum Gasteiger partial charge on any atom is 0.0642 e. The Morgan fingerprint density at radius 2 is 1.87 bits per heavy atom. The predicted molar refractivity (Wildman–Crippen MR) is 62.3 cm³/mol. The maximum atomic E-state index is 5.36. The first-order chi connectivity index (χ1) is 7.18. The fourth-order valence-corrected chi connectivity index (χ4v) is 1.90. The van der Waals surface area contributed by atoms with E-state index in [-0.39, 0.29) is 0 Å². The second-order valence-corrected chi connectivity index (χ2v) is 4.15. The lowest BCUT2D eigenvalue weighted by molar-refractivity contribution is 0.122. The van der Waals surface area contributed by atoms with Crippen LogP contribution in [0.15, 0.2) is 12.4 Å². The van der Waals surface area contributed by atoms with Crippen LogP contribution in [0.5, 0.6) is 0 Å². The van der Waals surface area contributed by atoms with Crippen molar-refractivity contribution in [3.8, 4) is 0 Å². The summed E-state index contributed by atoms with van der Waals surface area (Å²) >= 11 is 0. The Bertz CT molecular complexity index is 327. The molecule has 0 radical (unpaired) electrons. The minimum atomic E-state index is 0.840. The molecule has 0 bridgehead atoms. The van der Waals surface area contributed by atoms with Gasteiger partial charge in [0, 0.05) is 39.6 Å². The molecule has 1 aliphatic heterocycles. The normalized spacial score (nSPS) is 16.9. The number of aryl methyl sites for hydroxylation is 1. The van der Waals surface area contributed by atoms with E-state index < -0.39 is 0 Å². The van der Waals surface area contributed by atoms with Crippen molar-refractivity contribution in [3.05, 3.63) is 18.0 Å². The van der Waals surface area contributed by atoms with Gasteiger partial charge < -0.3 is 14.6 Å². The van der Waals surface area contributed by atoms with Gasteiger partial charge in [0.1, 0.15) is 0 Å². The van der Waals surface area contributed by atoms with E-state index in [2.05, 4.69) is 33.9 Å². The lowest BCUT2D eigenvalue weighted by Crippen LogP contribution is -2.36. The lowest BCUT2D eigenvalue weighted by Gasteiger charge is -2.28. The van der Waals surface area contributed by atoms with Crippen molar-refractivity contribution in [2.75, 3.05) is 50.3 Å². The van der Waals surface area contributed by atoms with Crippen LogP contribution in [0.2, 0.25) is 0 Å². The lowest BCUT2D eigenvalue weighted by atomic mass is 10.3. The summed E-state index contributed by atoms with van der Waals surface area (Å²) in [6.45, 7) is 5.83. The van der Waals surface area contributed by atoms with Gasteiger partial charge in [0.15, 0.2) is 0 Å². The summed E-state index contributed by atoms with van der Waals surface area (Å²) in [6, 6.07) is 0. The molecule has 4 nitrogen and oxygen atoms in total. The van der Waals surface area contributed by atoms with E-state index >= 15 is 0 Å². The molecule has 0 saturated carbocycles. The molecule has 84 valence electrons. The Morgan fingerprint density at radius 1 is 1.20 bits per heavy atom. The third kappa shape index (κ3) is 2.09. The van der Waals surface area contributed by atoms with Gasteiger partial charge >= 0.3 is 0 Å². The molecule has 2 rings (SSSR count). The highest BCUT2D eigenvalue weighted by molar-refractivity contribution is 5.52. The molecule has 1 aromatic rings. The second kappa shape index (κ2) is 4.14. The Hall–Kier alpha value is -1.16. The summed E-state index contributed by atoms with van der Waals surface area (Å²) in [5.41, 5.74) is 2.65. The number of rotatable bonds is 2. The summed E-state index contributed by atoms with van der Waals surface area (Å²) < 4.78 is 7.47. The summed E-state index contributed by atoms with van der Waals surface area (Å²) in [5, 5.41) is 2.07. The fourth-order valence-electron chi connectivity index (χ4n) is 1.90. The van der Waals surface area contributed by atoms with E-state index in [4.69, 9.17) is 4.74 Å². The molecular weight excluding hydrogens is 190 g/mol. The number of ether oxygens (including phenoxy) is 1. The Kier molecular flexibility index (Phi) is 2.86. The van der Waals surface area contributed by atoms with Gasteiger partial charge in [0.05, 0.1) is 18.9 Å². The van der Waals surface area contributed by atoms with Crippen LogP contribution < -0.4 is 9.91 Å². The average Bonchev–Trinajstić information content (AvgIpc) is 2.62. The molecule has 4 heteroatoms. The zero-order chi connectivity index (χ0) is 10.8. The summed E-state index contributed by atoms with van der Waals surface area (Å²) in [7, 11) is 4.09. The van der Waals surface area contributed by atoms with Crippen molar-refractivity contribution in [2.24, 2.45) is 0 Å². The Labute approximate surface area is 91.0 Å². The molecule has 15 heavy (non-hydrogen) atoms. The Morgan fingerprint density at radius 3 is 2.40 bits per heavy atom. The zero-order valence-corrected chi connectivity index (χ0v) is 9.73. The third-order valence-electron chi connectivity index (χ3n) is 2.80. The molecule has 1 fully saturated rings. The second-order valence-electron chi connectivity index (χ2n) is 4.15. The fraction of sp³-hybridized carbons (Fsp3) is 0.636. The van der Waals surface area contributed by atoms with Crippen LogP contribution in [0.25, 0.3) is 0 Å². The van der Waals surface area contributed by atoms with E-state index in [1.165, 1.54) is 11.3 Å². The van der Waals surface area contributed by atoms with Crippen LogP contribution in [0.1, 0.15) is 5.56 Å². The summed E-state index contributed by atoms with van der Waals surface area (Å²) in [5.74, 6) is 0. The first-order valence-electron chi connectivity index (χ1n) is 5.37. The smallest absolute Gasteiger partial charge is 0.0642 e. The highest BCUT2D eigenvalue weighted by atomic mass is 16.5. The zero-order valence-electron chi connectivity index (χ0n) is 9.73. The van der Waals surface area contributed by atoms with E-state index in [0.717, 1.165) is 26.3 Å². The highest BCUT2D eigenvalue weighted by Crippen LogP contribution is 2.21. The first-order valence-corrected chi connectivity index (χ1v) is 5.37. The van der Waals surface area contributed by atoms with Crippen LogP contribution in [0.4, 0.5) is 5.69 Å². The average molecular weight is 209 g/mol. The van der Waals surface area contributed by atoms with Crippen molar-refractivity contribution < 1.29 is 4.74 Å². The van der Waals surface area contributed by atoms with E-state index in [9.17, 15) is 0 Å². The van der Waals surface area contributed by atoms with Gasteiger partial charge in [-0.2, -0.15) is 0 Å². The quantitative estimate of drug-likeness (QED) is 0.720. The number of nitrogens with zero attached hydrogens (tertiary/aromatic N) is 3. The third-order valence-corrected chi connectivity index (χ3v) is 2.80. The van der Waals surface area contributed by atoms with E-state index in [1.807, 2.05) is 14.1 Å². The molecule has 0 N–H and O–H groups in total. The van der Waals surface area contributed by atoms with Crippen molar-refractivity contribution in [2.45, 2.75) is 6.92 Å². The van der Waals surface area contributed by atoms with Gasteiger partial charge in [-0.25, -0.2) is 0 Å². The highest BCUT2D eigenvalue weighted by Gasteiger charge is 2.15. The van der Waals surface area contributed by atoms with Crippen LogP contribution >= 0.6 is 0 Å². The molecule has 0 unspecified atom stereocenters. The number of hydrogen-bond acceptors (Lipinski definition) is 3. The van der Waals surface area contributed by atoms with Gasteiger partial charge in [-0.15, -0.1) is 0 Å². The monoisotopic (exact) mass is 209 g/mol. The molecule has 0 spiro atoms. The van der Waals surface area contributed by atoms with Gasteiger partial charge in [-0.3, -0.25) is 4.68 Å². The van der Waals surface area contributed by atoms with Crippen LogP contribution in [0.3, 0.4) is 0 Å². The summed E-state index contributed by atoms with van der Waals surface area (Å²) in [4.78, 5) is 2.39. The standard InChI is InChI=1S/C11H19N3O/c1-10-8-14(12(2)3)9-11(10)13-4-6-15-7-5-13/h8-9H,4-7H2,1-3H3. The first kappa shape index (κ1) is 10.4. The number of aromatic nitrogens is 1. The van der Waals surface area contributed by atoms with Crippen LogP contribution in [0, 0.1) is 6.92 Å². The number of hydrogen-bond donors (Lipinski definition) is 0. The molecule has 0 amide bonds. The molecular formula is C11H19N3O. The van der Waals surface area contributed by atoms with Gasteiger partial charge in [-0.05, 0) is 12.5 Å². The van der Waals surface area contributed by atoms with Gasteiger partial charge in [-0.1, -0.05) is 0 Å². The topological polar surface area (TPSA) is 20.6 Å². The van der Waals surface area contributed by atoms with Crippen molar-refractivity contribution in [1.82, 2.24) is 4.68 Å². The van der Waals surface area contributed by atoms with Crippen LogP contribution in [-0.2, 0) is 4.74 Å². The minimum absolute atomic E-state index is 0.840. The molecule has 1 saturated heterocycles. The number of anilines is 1. The van der Waals surface area contributed by atoms with Gasteiger partial charge in [0.2, 0.25) is 0 Å². The molecule has 0 aliphatic carbocycles. The van der Waals surface area contributed by atoms with Crippen molar-refractivity contribution in [1.29, 1.82) is 0 Å². The predicted octanol–water partition coefficient (Wildman–Crippen LogP) is 0.831. The molecule has 1 aromatic heterocycles. The minimum Gasteiger partial charge on any atom is -0.378 e. The SMILES string of the molecule is Cc1cn(N(C)C)cc1N1CCOCC1. The summed E-state index contributed by atoms with van der Waals surface area (Å²) in [6.07, 6.45) is 4.34. The largest absolute Gasteiger partial charge is 0.378 e. The van der Waals surface area contributed by atoms with E-state index in [0.29, 0.717) is 0 Å². The van der Waals surface area contributed by atoms with Gasteiger partial charge in [0.25, 0.3) is 0 Å². The molecule has 1 aliphatic rings. The molecule has 2 heterocycles. The van der Waals surface area contributed by atoms with Crippen molar-refractivity contribution in [3.63, 3.8) is 0 Å².